The highest BCUT2D eigenvalue weighted by Crippen LogP contribution is 2.29. The molecule has 1 aromatic heterocycles. The van der Waals surface area contributed by atoms with Crippen LogP contribution in [0.15, 0.2) is 18.3 Å². The van der Waals surface area contributed by atoms with E-state index in [1.807, 2.05) is 4.90 Å². The monoisotopic (exact) mass is 294 g/mol. The Kier molecular flexibility index (Phi) is 4.10. The standard InChI is InChI=1S/C15H19ClN2O2/c16-9-12-10-18(11-5-2-1-3-6-11)15(19)13-7-4-8-17-14(13)20-12/h4,7-8,11-12H,1-3,5-6,9-10H2. The van der Waals surface area contributed by atoms with E-state index < -0.39 is 0 Å². The van der Waals surface area contributed by atoms with E-state index >= 15 is 0 Å². The van der Waals surface area contributed by atoms with Gasteiger partial charge in [-0.1, -0.05) is 19.3 Å². The van der Waals surface area contributed by atoms with Crippen LogP contribution in [-0.4, -0.2) is 40.4 Å². The van der Waals surface area contributed by atoms with Crippen molar-refractivity contribution in [3.8, 4) is 5.88 Å². The number of carbonyl (C=O) groups is 1. The molecule has 1 saturated carbocycles. The SMILES string of the molecule is O=C1c2cccnc2OC(CCl)CN1C1CCCCC1. The van der Waals surface area contributed by atoms with E-state index in [0.717, 1.165) is 12.8 Å². The van der Waals surface area contributed by atoms with Gasteiger partial charge in [-0.25, -0.2) is 4.98 Å². The van der Waals surface area contributed by atoms with Crippen LogP contribution in [0.1, 0.15) is 42.5 Å². The van der Waals surface area contributed by atoms with Gasteiger partial charge in [0.05, 0.1) is 12.4 Å². The van der Waals surface area contributed by atoms with Crippen LogP contribution >= 0.6 is 11.6 Å². The predicted octanol–water partition coefficient (Wildman–Crippen LogP) is 2.86. The zero-order chi connectivity index (χ0) is 13.9. The molecule has 1 fully saturated rings. The molecule has 0 aromatic carbocycles. The first kappa shape index (κ1) is 13.7. The first-order chi connectivity index (χ1) is 9.79. The lowest BCUT2D eigenvalue weighted by Crippen LogP contribution is -2.45. The molecule has 3 rings (SSSR count). The third-order valence-electron chi connectivity index (χ3n) is 4.13. The Bertz CT molecular complexity index is 489. The molecule has 0 saturated heterocycles. The molecule has 5 heteroatoms. The Labute approximate surface area is 124 Å². The molecule has 0 N–H and O–H groups in total. The maximum atomic E-state index is 12.8. The molecule has 1 aromatic rings. The van der Waals surface area contributed by atoms with E-state index in [0.29, 0.717) is 29.9 Å². The van der Waals surface area contributed by atoms with Gasteiger partial charge < -0.3 is 9.64 Å². The highest BCUT2D eigenvalue weighted by Gasteiger charge is 2.33. The number of alkyl halides is 1. The lowest BCUT2D eigenvalue weighted by Gasteiger charge is -2.34. The fourth-order valence-electron chi connectivity index (χ4n) is 3.09. The Hall–Kier alpha value is -1.29. The number of rotatable bonds is 2. The lowest BCUT2D eigenvalue weighted by atomic mass is 9.93. The highest BCUT2D eigenvalue weighted by atomic mass is 35.5. The number of hydrogen-bond acceptors (Lipinski definition) is 3. The summed E-state index contributed by atoms with van der Waals surface area (Å²) in [6, 6.07) is 3.88. The highest BCUT2D eigenvalue weighted by molar-refractivity contribution is 6.18. The van der Waals surface area contributed by atoms with Crippen molar-refractivity contribution >= 4 is 17.5 Å². The third kappa shape index (κ3) is 2.62. The van der Waals surface area contributed by atoms with E-state index in [-0.39, 0.29) is 12.0 Å². The summed E-state index contributed by atoms with van der Waals surface area (Å²) in [6.07, 6.45) is 7.28. The normalized spacial score (nSPS) is 23.9. The fourth-order valence-corrected chi connectivity index (χ4v) is 3.25. The van der Waals surface area contributed by atoms with Crippen molar-refractivity contribution in [1.29, 1.82) is 0 Å². The molecule has 1 aliphatic heterocycles. The summed E-state index contributed by atoms with van der Waals surface area (Å²) in [5.41, 5.74) is 0.561. The molecule has 1 amide bonds. The number of amides is 1. The van der Waals surface area contributed by atoms with Gasteiger partial charge in [0.25, 0.3) is 5.91 Å². The largest absolute Gasteiger partial charge is 0.471 e. The Balaban J connectivity index is 1.91. The Morgan fingerprint density at radius 2 is 2.15 bits per heavy atom. The van der Waals surface area contributed by atoms with Crippen LogP contribution in [0.3, 0.4) is 0 Å². The quantitative estimate of drug-likeness (QED) is 0.788. The van der Waals surface area contributed by atoms with E-state index in [2.05, 4.69) is 4.98 Å². The van der Waals surface area contributed by atoms with Gasteiger partial charge in [-0.2, -0.15) is 0 Å². The summed E-state index contributed by atoms with van der Waals surface area (Å²) in [6.45, 7) is 0.559. The van der Waals surface area contributed by atoms with Crippen LogP contribution in [0, 0.1) is 0 Å². The van der Waals surface area contributed by atoms with Gasteiger partial charge in [-0.15, -0.1) is 11.6 Å². The summed E-state index contributed by atoms with van der Waals surface area (Å²) in [5, 5.41) is 0. The number of pyridine rings is 1. The summed E-state index contributed by atoms with van der Waals surface area (Å²) in [4.78, 5) is 18.9. The molecule has 20 heavy (non-hydrogen) atoms. The van der Waals surface area contributed by atoms with Crippen LogP contribution in [0.5, 0.6) is 5.88 Å². The van der Waals surface area contributed by atoms with Crippen molar-refractivity contribution in [2.24, 2.45) is 0 Å². The van der Waals surface area contributed by atoms with Crippen molar-refractivity contribution in [2.45, 2.75) is 44.2 Å². The number of nitrogens with zero attached hydrogens (tertiary/aromatic N) is 2. The van der Waals surface area contributed by atoms with E-state index in [1.54, 1.807) is 18.3 Å². The molecule has 0 radical (unpaired) electrons. The molecule has 1 aliphatic carbocycles. The van der Waals surface area contributed by atoms with E-state index in [1.165, 1.54) is 19.3 Å². The van der Waals surface area contributed by atoms with Crippen molar-refractivity contribution in [1.82, 2.24) is 9.88 Å². The van der Waals surface area contributed by atoms with Crippen molar-refractivity contribution in [3.63, 3.8) is 0 Å². The van der Waals surface area contributed by atoms with E-state index in [9.17, 15) is 4.79 Å². The van der Waals surface area contributed by atoms with Crippen LogP contribution < -0.4 is 4.74 Å². The number of fused-ring (bicyclic) bond motifs is 1. The molecule has 0 spiro atoms. The maximum absolute atomic E-state index is 12.8. The molecule has 1 atom stereocenters. The Morgan fingerprint density at radius 1 is 1.35 bits per heavy atom. The van der Waals surface area contributed by atoms with Crippen LogP contribution in [-0.2, 0) is 0 Å². The minimum absolute atomic E-state index is 0.0348. The molecule has 1 unspecified atom stereocenters. The number of ether oxygens (including phenoxy) is 1. The van der Waals surface area contributed by atoms with Gasteiger partial charge in [-0.05, 0) is 25.0 Å². The average Bonchev–Trinajstić information content (AvgIpc) is 2.65. The zero-order valence-corrected chi connectivity index (χ0v) is 12.2. The summed E-state index contributed by atoms with van der Waals surface area (Å²) in [7, 11) is 0. The molecular formula is C15H19ClN2O2. The maximum Gasteiger partial charge on any atom is 0.259 e. The second-order valence-corrected chi connectivity index (χ2v) is 5.81. The van der Waals surface area contributed by atoms with Crippen LogP contribution in [0.25, 0.3) is 0 Å². The first-order valence-electron chi connectivity index (χ1n) is 7.28. The molecule has 108 valence electrons. The third-order valence-corrected chi connectivity index (χ3v) is 4.47. The van der Waals surface area contributed by atoms with Crippen molar-refractivity contribution in [3.05, 3.63) is 23.9 Å². The first-order valence-corrected chi connectivity index (χ1v) is 7.81. The van der Waals surface area contributed by atoms with Gasteiger partial charge in [0.2, 0.25) is 5.88 Å². The van der Waals surface area contributed by atoms with Crippen LogP contribution in [0.2, 0.25) is 0 Å². The van der Waals surface area contributed by atoms with Gasteiger partial charge in [0, 0.05) is 12.2 Å². The molecule has 2 aliphatic rings. The lowest BCUT2D eigenvalue weighted by molar-refractivity contribution is 0.0577. The van der Waals surface area contributed by atoms with E-state index in [4.69, 9.17) is 16.3 Å². The summed E-state index contributed by atoms with van der Waals surface area (Å²) in [5.74, 6) is 0.820. The van der Waals surface area contributed by atoms with Crippen LogP contribution in [0.4, 0.5) is 0 Å². The molecule has 0 bridgehead atoms. The predicted molar refractivity (Wildman–Crippen MR) is 77.3 cm³/mol. The second kappa shape index (κ2) is 6.00. The summed E-state index contributed by atoms with van der Waals surface area (Å²) >= 11 is 5.98. The molecule has 2 heterocycles. The smallest absolute Gasteiger partial charge is 0.259 e. The number of hydrogen-bond donors (Lipinski definition) is 0. The zero-order valence-electron chi connectivity index (χ0n) is 11.4. The van der Waals surface area contributed by atoms with Gasteiger partial charge in [0.15, 0.2) is 0 Å². The van der Waals surface area contributed by atoms with Crippen molar-refractivity contribution < 1.29 is 9.53 Å². The molecule has 4 nitrogen and oxygen atoms in total. The van der Waals surface area contributed by atoms with Gasteiger partial charge >= 0.3 is 0 Å². The van der Waals surface area contributed by atoms with Gasteiger partial charge in [0.1, 0.15) is 11.7 Å². The number of carbonyl (C=O) groups excluding carboxylic acids is 1. The van der Waals surface area contributed by atoms with Gasteiger partial charge in [-0.3, -0.25) is 4.79 Å². The molecular weight excluding hydrogens is 276 g/mol. The minimum atomic E-state index is -0.182. The Morgan fingerprint density at radius 3 is 2.90 bits per heavy atom. The summed E-state index contributed by atoms with van der Waals surface area (Å²) < 4.78 is 5.79. The number of halogens is 1. The fraction of sp³-hybridized carbons (Fsp3) is 0.600. The average molecular weight is 295 g/mol. The topological polar surface area (TPSA) is 42.4 Å². The number of aromatic nitrogens is 1. The minimum Gasteiger partial charge on any atom is -0.471 e. The van der Waals surface area contributed by atoms with Crippen molar-refractivity contribution in [2.75, 3.05) is 12.4 Å². The second-order valence-electron chi connectivity index (χ2n) is 5.50.